The predicted molar refractivity (Wildman–Crippen MR) is 80.5 cm³/mol. The average molecular weight is 350 g/mol. The molecule has 0 aliphatic carbocycles. The highest BCUT2D eigenvalue weighted by Gasteiger charge is 2.17. The third kappa shape index (κ3) is 1.83. The Hall–Kier alpha value is -1.79. The second kappa shape index (κ2) is 4.36. The van der Waals surface area contributed by atoms with Gasteiger partial charge in [0.2, 0.25) is 6.79 Å². The summed E-state index contributed by atoms with van der Waals surface area (Å²) in [5.74, 6) is 1.72. The molecule has 1 aliphatic rings. The zero-order valence-corrected chi connectivity index (χ0v) is 12.5. The van der Waals surface area contributed by atoms with E-state index in [0.717, 1.165) is 32.3 Å². The first kappa shape index (κ1) is 12.0. The van der Waals surface area contributed by atoms with Gasteiger partial charge < -0.3 is 14.6 Å². The Balaban J connectivity index is 1.86. The molecular formula is C14H8BrNO3S. The number of nitrogens with zero attached hydrogens (tertiary/aromatic N) is 1. The van der Waals surface area contributed by atoms with E-state index in [2.05, 4.69) is 20.9 Å². The minimum atomic E-state index is 0.218. The molecule has 0 atom stereocenters. The Labute approximate surface area is 126 Å². The Morgan fingerprint density at radius 3 is 2.75 bits per heavy atom. The van der Waals surface area contributed by atoms with Crippen LogP contribution in [0.2, 0.25) is 0 Å². The third-order valence-corrected chi connectivity index (χ3v) is 4.78. The lowest BCUT2D eigenvalue weighted by Crippen LogP contribution is -1.92. The van der Waals surface area contributed by atoms with E-state index in [1.165, 1.54) is 0 Å². The molecule has 0 saturated heterocycles. The van der Waals surface area contributed by atoms with E-state index in [0.29, 0.717) is 4.47 Å². The van der Waals surface area contributed by atoms with Gasteiger partial charge in [-0.05, 0) is 34.1 Å². The molecule has 2 heterocycles. The van der Waals surface area contributed by atoms with Gasteiger partial charge in [0, 0.05) is 17.7 Å². The molecule has 1 aliphatic heterocycles. The maximum absolute atomic E-state index is 9.55. The van der Waals surface area contributed by atoms with Gasteiger partial charge in [-0.1, -0.05) is 0 Å². The first-order valence-corrected chi connectivity index (χ1v) is 7.51. The minimum Gasteiger partial charge on any atom is -0.507 e. The number of phenols is 1. The topological polar surface area (TPSA) is 51.6 Å². The highest BCUT2D eigenvalue weighted by Crippen LogP contribution is 2.40. The van der Waals surface area contributed by atoms with Gasteiger partial charge in [-0.3, -0.25) is 0 Å². The molecule has 0 saturated carbocycles. The molecule has 4 rings (SSSR count). The van der Waals surface area contributed by atoms with Crippen LogP contribution in [0, 0.1) is 0 Å². The van der Waals surface area contributed by atoms with Crippen molar-refractivity contribution in [3.63, 3.8) is 0 Å². The summed E-state index contributed by atoms with van der Waals surface area (Å²) in [6, 6.07) is 9.20. The number of rotatable bonds is 1. The van der Waals surface area contributed by atoms with E-state index in [9.17, 15) is 5.11 Å². The van der Waals surface area contributed by atoms with Crippen LogP contribution in [-0.4, -0.2) is 16.9 Å². The van der Waals surface area contributed by atoms with Crippen molar-refractivity contribution in [2.75, 3.05) is 6.79 Å². The molecule has 1 N–H and O–H groups in total. The van der Waals surface area contributed by atoms with Gasteiger partial charge in [-0.15, -0.1) is 11.3 Å². The van der Waals surface area contributed by atoms with Crippen molar-refractivity contribution in [1.29, 1.82) is 0 Å². The van der Waals surface area contributed by atoms with Crippen molar-refractivity contribution in [3.05, 3.63) is 34.8 Å². The molecule has 0 amide bonds. The van der Waals surface area contributed by atoms with Gasteiger partial charge in [0.1, 0.15) is 10.8 Å². The van der Waals surface area contributed by atoms with Crippen LogP contribution in [0.25, 0.3) is 20.8 Å². The summed E-state index contributed by atoms with van der Waals surface area (Å²) in [4.78, 5) is 4.61. The SMILES string of the molecule is Oc1ccc(-c2nc3cc4c(cc3s2)OCO4)cc1Br. The van der Waals surface area contributed by atoms with Gasteiger partial charge in [-0.25, -0.2) is 4.98 Å². The van der Waals surface area contributed by atoms with E-state index < -0.39 is 0 Å². The molecule has 1 aromatic heterocycles. The Morgan fingerprint density at radius 2 is 1.95 bits per heavy atom. The summed E-state index contributed by atoms with van der Waals surface area (Å²) in [5.41, 5.74) is 1.84. The maximum atomic E-state index is 9.55. The molecule has 0 fully saturated rings. The molecule has 0 spiro atoms. The second-order valence-corrected chi connectivity index (χ2v) is 6.24. The average Bonchev–Trinajstić information content (AvgIpc) is 3.04. The molecule has 2 aromatic carbocycles. The standard InChI is InChI=1S/C14H8BrNO3S/c15-8-3-7(1-2-10(8)17)14-16-9-4-11-12(19-6-18-11)5-13(9)20-14/h1-5,17H,6H2. The van der Waals surface area contributed by atoms with E-state index in [4.69, 9.17) is 9.47 Å². The summed E-state index contributed by atoms with van der Waals surface area (Å²) in [7, 11) is 0. The molecule has 20 heavy (non-hydrogen) atoms. The van der Waals surface area contributed by atoms with Crippen LogP contribution in [-0.2, 0) is 0 Å². The zero-order chi connectivity index (χ0) is 13.7. The Bertz CT molecular complexity index is 790. The van der Waals surface area contributed by atoms with Crippen molar-refractivity contribution in [1.82, 2.24) is 4.98 Å². The van der Waals surface area contributed by atoms with E-state index >= 15 is 0 Å². The summed E-state index contributed by atoms with van der Waals surface area (Å²) in [6.45, 7) is 0.268. The molecule has 6 heteroatoms. The molecule has 0 radical (unpaired) electrons. The smallest absolute Gasteiger partial charge is 0.231 e. The van der Waals surface area contributed by atoms with Gasteiger partial charge in [0.25, 0.3) is 0 Å². The Kier molecular flexibility index (Phi) is 2.61. The lowest BCUT2D eigenvalue weighted by atomic mass is 10.2. The van der Waals surface area contributed by atoms with Crippen molar-refractivity contribution in [2.45, 2.75) is 0 Å². The van der Waals surface area contributed by atoms with Crippen molar-refractivity contribution in [3.8, 4) is 27.8 Å². The molecule has 0 bridgehead atoms. The van der Waals surface area contributed by atoms with Gasteiger partial charge >= 0.3 is 0 Å². The fourth-order valence-corrected chi connectivity index (χ4v) is 3.43. The van der Waals surface area contributed by atoms with E-state index in [-0.39, 0.29) is 12.5 Å². The van der Waals surface area contributed by atoms with Crippen LogP contribution >= 0.6 is 27.3 Å². The zero-order valence-electron chi connectivity index (χ0n) is 10.1. The predicted octanol–water partition coefficient (Wildman–Crippen LogP) is 4.16. The lowest BCUT2D eigenvalue weighted by molar-refractivity contribution is 0.174. The highest BCUT2D eigenvalue weighted by molar-refractivity contribution is 9.10. The van der Waals surface area contributed by atoms with Crippen LogP contribution in [0.15, 0.2) is 34.8 Å². The summed E-state index contributed by atoms with van der Waals surface area (Å²) in [6.07, 6.45) is 0. The number of thiazole rings is 1. The van der Waals surface area contributed by atoms with Crippen molar-refractivity contribution in [2.24, 2.45) is 0 Å². The first-order chi connectivity index (χ1) is 9.70. The summed E-state index contributed by atoms with van der Waals surface area (Å²) < 4.78 is 12.4. The molecular weight excluding hydrogens is 342 g/mol. The fraction of sp³-hybridized carbons (Fsp3) is 0.0714. The number of ether oxygens (including phenoxy) is 2. The highest BCUT2D eigenvalue weighted by atomic mass is 79.9. The first-order valence-electron chi connectivity index (χ1n) is 5.90. The van der Waals surface area contributed by atoms with Crippen molar-refractivity contribution < 1.29 is 14.6 Å². The molecule has 0 unspecified atom stereocenters. The third-order valence-electron chi connectivity index (χ3n) is 3.08. The van der Waals surface area contributed by atoms with Crippen LogP contribution in [0.1, 0.15) is 0 Å². The second-order valence-electron chi connectivity index (χ2n) is 4.36. The number of benzene rings is 2. The van der Waals surface area contributed by atoms with Crippen LogP contribution in [0.5, 0.6) is 17.2 Å². The number of halogens is 1. The number of fused-ring (bicyclic) bond motifs is 2. The maximum Gasteiger partial charge on any atom is 0.231 e. The van der Waals surface area contributed by atoms with E-state index in [1.807, 2.05) is 24.3 Å². The van der Waals surface area contributed by atoms with Gasteiger partial charge in [-0.2, -0.15) is 0 Å². The quantitative estimate of drug-likeness (QED) is 0.716. The van der Waals surface area contributed by atoms with Crippen molar-refractivity contribution >= 4 is 37.5 Å². The van der Waals surface area contributed by atoms with Crippen LogP contribution in [0.3, 0.4) is 0 Å². The molecule has 100 valence electrons. The van der Waals surface area contributed by atoms with Crippen LogP contribution < -0.4 is 9.47 Å². The molecule has 3 aromatic rings. The number of phenolic OH excluding ortho intramolecular Hbond substituents is 1. The Morgan fingerprint density at radius 1 is 1.15 bits per heavy atom. The minimum absolute atomic E-state index is 0.218. The van der Waals surface area contributed by atoms with Gasteiger partial charge in [0.05, 0.1) is 14.7 Å². The fourth-order valence-electron chi connectivity index (χ4n) is 2.08. The van der Waals surface area contributed by atoms with Gasteiger partial charge in [0.15, 0.2) is 11.5 Å². The summed E-state index contributed by atoms with van der Waals surface area (Å²) >= 11 is 4.90. The number of hydrogen-bond donors (Lipinski definition) is 1. The van der Waals surface area contributed by atoms with Crippen LogP contribution in [0.4, 0.5) is 0 Å². The number of aromatic hydroxyl groups is 1. The number of aromatic nitrogens is 1. The molecule has 4 nitrogen and oxygen atoms in total. The monoisotopic (exact) mass is 349 g/mol. The van der Waals surface area contributed by atoms with E-state index in [1.54, 1.807) is 17.4 Å². The lowest BCUT2D eigenvalue weighted by Gasteiger charge is -1.99. The normalized spacial score (nSPS) is 13.1. The number of hydrogen-bond acceptors (Lipinski definition) is 5. The largest absolute Gasteiger partial charge is 0.507 e. The summed E-state index contributed by atoms with van der Waals surface area (Å²) in [5, 5.41) is 10.4.